The van der Waals surface area contributed by atoms with Crippen molar-refractivity contribution in [3.05, 3.63) is 59.2 Å². The number of hydrogen-bond acceptors (Lipinski definition) is 4. The summed E-state index contributed by atoms with van der Waals surface area (Å²) in [7, 11) is 4.45. The number of rotatable bonds is 5. The Bertz CT molecular complexity index is 742. The second kappa shape index (κ2) is 9.65. The van der Waals surface area contributed by atoms with Crippen LogP contribution in [0.2, 0.25) is 0 Å². The summed E-state index contributed by atoms with van der Waals surface area (Å²) in [5.41, 5.74) is 4.13. The molecule has 0 unspecified atom stereocenters. The van der Waals surface area contributed by atoms with E-state index in [0.717, 1.165) is 44.0 Å². The standard InChI is InChI=1S/C21H26N2O2.2ClH/c1-22(12-10-16-6-4-3-5-7-16)14-19-17-8-9-20-21(25-15-24-20)18(17)11-13-23(19)2;;/h3-9,19H,10-15H2,1-2H3;2*1H/t19-;;/m0../s1. The Balaban J connectivity index is 0.00000131. The van der Waals surface area contributed by atoms with E-state index in [1.807, 2.05) is 0 Å². The molecule has 0 saturated carbocycles. The van der Waals surface area contributed by atoms with Crippen LogP contribution >= 0.6 is 24.8 Å². The Morgan fingerprint density at radius 1 is 1.07 bits per heavy atom. The Hall–Kier alpha value is -1.46. The van der Waals surface area contributed by atoms with Crippen LogP contribution in [0.4, 0.5) is 0 Å². The van der Waals surface area contributed by atoms with Crippen molar-refractivity contribution in [3.8, 4) is 11.5 Å². The second-order valence-electron chi connectivity index (χ2n) is 7.11. The molecule has 0 fully saturated rings. The predicted octanol–water partition coefficient (Wildman–Crippen LogP) is 3.96. The summed E-state index contributed by atoms with van der Waals surface area (Å²) in [5.74, 6) is 1.88. The first-order valence-corrected chi connectivity index (χ1v) is 9.06. The molecule has 1 atom stereocenters. The lowest BCUT2D eigenvalue weighted by molar-refractivity contribution is 0.164. The fourth-order valence-corrected chi connectivity index (χ4v) is 3.89. The van der Waals surface area contributed by atoms with E-state index >= 15 is 0 Å². The lowest BCUT2D eigenvalue weighted by atomic mass is 9.91. The van der Waals surface area contributed by atoms with E-state index in [1.54, 1.807) is 0 Å². The summed E-state index contributed by atoms with van der Waals surface area (Å²) in [6.07, 6.45) is 2.12. The van der Waals surface area contributed by atoms with Crippen LogP contribution in [0.1, 0.15) is 22.7 Å². The quantitative estimate of drug-likeness (QED) is 0.744. The van der Waals surface area contributed by atoms with Gasteiger partial charge in [0, 0.05) is 31.2 Å². The molecule has 4 rings (SSSR count). The van der Waals surface area contributed by atoms with E-state index < -0.39 is 0 Å². The number of hydrogen-bond donors (Lipinski definition) is 0. The SMILES string of the molecule is CN(CCc1ccccc1)C[C@H]1c2ccc3c(c2CCN1C)OCO3.Cl.Cl. The highest BCUT2D eigenvalue weighted by atomic mass is 35.5. The normalized spacial score (nSPS) is 17.8. The topological polar surface area (TPSA) is 24.9 Å². The molecule has 6 heteroatoms. The van der Waals surface area contributed by atoms with Crippen LogP contribution in [0.3, 0.4) is 0 Å². The molecule has 2 aromatic rings. The molecule has 0 aliphatic carbocycles. The van der Waals surface area contributed by atoms with Crippen molar-refractivity contribution >= 4 is 24.8 Å². The third-order valence-corrected chi connectivity index (χ3v) is 5.39. The average Bonchev–Trinajstić information content (AvgIpc) is 3.12. The zero-order chi connectivity index (χ0) is 17.2. The Labute approximate surface area is 174 Å². The van der Waals surface area contributed by atoms with Crippen molar-refractivity contribution in [3.63, 3.8) is 0 Å². The zero-order valence-corrected chi connectivity index (χ0v) is 17.5. The highest BCUT2D eigenvalue weighted by molar-refractivity contribution is 5.85. The fourth-order valence-electron chi connectivity index (χ4n) is 3.89. The molecule has 0 bridgehead atoms. The summed E-state index contributed by atoms with van der Waals surface area (Å²) in [5, 5.41) is 0. The zero-order valence-electron chi connectivity index (χ0n) is 15.9. The van der Waals surface area contributed by atoms with Crippen LogP contribution in [-0.2, 0) is 12.8 Å². The van der Waals surface area contributed by atoms with Gasteiger partial charge in [0.05, 0.1) is 0 Å². The summed E-state index contributed by atoms with van der Waals surface area (Å²) < 4.78 is 11.3. The molecule has 0 spiro atoms. The lowest BCUT2D eigenvalue weighted by Crippen LogP contribution is -2.39. The first-order valence-electron chi connectivity index (χ1n) is 9.06. The van der Waals surface area contributed by atoms with Gasteiger partial charge in [-0.25, -0.2) is 0 Å². The van der Waals surface area contributed by atoms with Crippen LogP contribution in [0.5, 0.6) is 11.5 Å². The van der Waals surface area contributed by atoms with E-state index in [-0.39, 0.29) is 24.8 Å². The molecule has 0 saturated heterocycles. The minimum absolute atomic E-state index is 0. The lowest BCUT2D eigenvalue weighted by Gasteiger charge is -2.37. The van der Waals surface area contributed by atoms with E-state index in [2.05, 4.69) is 66.4 Å². The van der Waals surface area contributed by atoms with Crippen molar-refractivity contribution < 1.29 is 9.47 Å². The maximum absolute atomic E-state index is 5.74. The van der Waals surface area contributed by atoms with Gasteiger partial charge in [-0.3, -0.25) is 4.90 Å². The summed E-state index contributed by atoms with van der Waals surface area (Å²) in [4.78, 5) is 4.90. The molecular formula is C21H28Cl2N2O2. The molecule has 0 N–H and O–H groups in total. The van der Waals surface area contributed by atoms with Gasteiger partial charge in [-0.2, -0.15) is 0 Å². The third kappa shape index (κ3) is 4.69. The van der Waals surface area contributed by atoms with Gasteiger partial charge in [-0.05, 0) is 44.1 Å². The first kappa shape index (κ1) is 21.8. The Morgan fingerprint density at radius 2 is 1.85 bits per heavy atom. The summed E-state index contributed by atoms with van der Waals surface area (Å²) in [6.45, 7) is 3.50. The number of fused-ring (bicyclic) bond motifs is 3. The maximum Gasteiger partial charge on any atom is 0.231 e. The van der Waals surface area contributed by atoms with E-state index in [0.29, 0.717) is 12.8 Å². The van der Waals surface area contributed by atoms with E-state index in [1.165, 1.54) is 16.7 Å². The van der Waals surface area contributed by atoms with Crippen LogP contribution in [0.15, 0.2) is 42.5 Å². The number of nitrogens with zero attached hydrogens (tertiary/aromatic N) is 2. The highest BCUT2D eigenvalue weighted by Crippen LogP contribution is 2.42. The molecule has 148 valence electrons. The molecule has 27 heavy (non-hydrogen) atoms. The molecule has 4 nitrogen and oxygen atoms in total. The fraction of sp³-hybridized carbons (Fsp3) is 0.429. The number of likely N-dealkylation sites (N-methyl/N-ethyl adjacent to an activating group) is 2. The van der Waals surface area contributed by atoms with Crippen molar-refractivity contribution in [2.45, 2.75) is 18.9 Å². The smallest absolute Gasteiger partial charge is 0.231 e. The maximum atomic E-state index is 5.74. The largest absolute Gasteiger partial charge is 0.454 e. The third-order valence-electron chi connectivity index (χ3n) is 5.39. The molecular weight excluding hydrogens is 383 g/mol. The van der Waals surface area contributed by atoms with Crippen molar-refractivity contribution in [1.29, 1.82) is 0 Å². The molecule has 2 aromatic carbocycles. The van der Waals surface area contributed by atoms with Crippen molar-refractivity contribution in [1.82, 2.24) is 9.80 Å². The second-order valence-corrected chi connectivity index (χ2v) is 7.11. The molecule has 0 radical (unpaired) electrons. The van der Waals surface area contributed by atoms with Crippen LogP contribution < -0.4 is 9.47 Å². The highest BCUT2D eigenvalue weighted by Gasteiger charge is 2.31. The Morgan fingerprint density at radius 3 is 2.63 bits per heavy atom. The number of halogens is 2. The van der Waals surface area contributed by atoms with Crippen LogP contribution in [-0.4, -0.2) is 50.3 Å². The van der Waals surface area contributed by atoms with Crippen LogP contribution in [0, 0.1) is 0 Å². The average molecular weight is 411 g/mol. The van der Waals surface area contributed by atoms with Gasteiger partial charge >= 0.3 is 0 Å². The number of ether oxygens (including phenoxy) is 2. The first-order chi connectivity index (χ1) is 12.2. The van der Waals surface area contributed by atoms with Gasteiger partial charge in [-0.1, -0.05) is 36.4 Å². The van der Waals surface area contributed by atoms with Crippen molar-refractivity contribution in [2.75, 3.05) is 40.5 Å². The van der Waals surface area contributed by atoms with Crippen LogP contribution in [0.25, 0.3) is 0 Å². The minimum Gasteiger partial charge on any atom is -0.454 e. The molecule has 2 aliphatic heterocycles. The molecule has 2 aliphatic rings. The van der Waals surface area contributed by atoms with E-state index in [9.17, 15) is 0 Å². The van der Waals surface area contributed by atoms with Gasteiger partial charge in [0.2, 0.25) is 6.79 Å². The molecule has 0 amide bonds. The summed E-state index contributed by atoms with van der Waals surface area (Å²) >= 11 is 0. The minimum atomic E-state index is 0. The number of benzene rings is 2. The van der Waals surface area contributed by atoms with Crippen molar-refractivity contribution in [2.24, 2.45) is 0 Å². The summed E-state index contributed by atoms with van der Waals surface area (Å²) in [6, 6.07) is 15.4. The monoisotopic (exact) mass is 410 g/mol. The van der Waals surface area contributed by atoms with E-state index in [4.69, 9.17) is 9.47 Å². The van der Waals surface area contributed by atoms with Gasteiger partial charge in [0.25, 0.3) is 0 Å². The molecule has 2 heterocycles. The van der Waals surface area contributed by atoms with Gasteiger partial charge in [0.1, 0.15) is 0 Å². The molecule has 0 aromatic heterocycles. The van der Waals surface area contributed by atoms with Gasteiger partial charge in [-0.15, -0.1) is 24.8 Å². The Kier molecular flexibility index (Phi) is 7.80. The van der Waals surface area contributed by atoms with Gasteiger partial charge in [0.15, 0.2) is 11.5 Å². The predicted molar refractivity (Wildman–Crippen MR) is 114 cm³/mol. The van der Waals surface area contributed by atoms with Gasteiger partial charge < -0.3 is 14.4 Å².